The third-order valence-electron chi connectivity index (χ3n) is 4.24. The molecule has 0 bridgehead atoms. The van der Waals surface area contributed by atoms with Gasteiger partial charge in [-0.15, -0.1) is 5.10 Å². The molecule has 9 heteroatoms. The molecule has 7 nitrogen and oxygen atoms in total. The lowest BCUT2D eigenvalue weighted by atomic mass is 10.2. The molecule has 1 heterocycles. The Bertz CT molecular complexity index is 905. The Kier molecular flexibility index (Phi) is 6.34. The van der Waals surface area contributed by atoms with Crippen molar-refractivity contribution >= 4 is 30.0 Å². The summed E-state index contributed by atoms with van der Waals surface area (Å²) in [6.45, 7) is -0.0182. The predicted octanol–water partition coefficient (Wildman–Crippen LogP) is 3.28. The normalized spacial score (nSPS) is 20.4. The molecular weight excluding hydrogens is 391 g/mol. The van der Waals surface area contributed by atoms with Gasteiger partial charge in [0.2, 0.25) is 12.4 Å². The molecular formula is C19H25N6OPS. The van der Waals surface area contributed by atoms with Crippen LogP contribution < -0.4 is 5.43 Å². The summed E-state index contributed by atoms with van der Waals surface area (Å²) in [5.74, 6) is 1.28. The first-order chi connectivity index (χ1) is 13.5. The lowest BCUT2D eigenvalue weighted by Gasteiger charge is -2.44. The summed E-state index contributed by atoms with van der Waals surface area (Å²) in [5, 5.41) is 9.40. The predicted molar refractivity (Wildman–Crippen MR) is 118 cm³/mol. The van der Waals surface area contributed by atoms with Crippen molar-refractivity contribution in [2.45, 2.75) is 6.92 Å². The van der Waals surface area contributed by atoms with Crippen molar-refractivity contribution in [2.75, 3.05) is 27.7 Å². The summed E-state index contributed by atoms with van der Waals surface area (Å²) in [7, 11) is 5.67. The SMILES string of the molecule is CCOC(=NN(C)P1(=S)N(C)N=C(c2ccccc2)NN1C)c1ccccc1. The Balaban J connectivity index is 1.93. The minimum Gasteiger partial charge on any atom is -0.477 e. The first kappa shape index (κ1) is 20.3. The van der Waals surface area contributed by atoms with E-state index >= 15 is 0 Å². The zero-order chi connectivity index (χ0) is 20.1. The van der Waals surface area contributed by atoms with Gasteiger partial charge in [-0.25, -0.2) is 9.56 Å². The zero-order valence-electron chi connectivity index (χ0n) is 16.5. The Labute approximate surface area is 171 Å². The fourth-order valence-corrected chi connectivity index (χ4v) is 4.94. The molecule has 1 N–H and O–H groups in total. The van der Waals surface area contributed by atoms with Crippen molar-refractivity contribution in [3.63, 3.8) is 0 Å². The standard InChI is InChI=1S/C19H25N6OPS/c1-5-26-19(17-14-10-7-11-15-17)22-25(4)27(28)23(2)20-18(21-24(27)3)16-12-8-6-9-13-16/h6-15H,5H2,1-4H3,(H,20,21). The second kappa shape index (κ2) is 8.73. The Morgan fingerprint density at radius 3 is 2.32 bits per heavy atom. The number of benzene rings is 2. The first-order valence-corrected chi connectivity index (χ1v) is 11.6. The fourth-order valence-electron chi connectivity index (χ4n) is 2.81. The van der Waals surface area contributed by atoms with E-state index in [9.17, 15) is 0 Å². The van der Waals surface area contributed by atoms with Crippen molar-refractivity contribution in [1.29, 1.82) is 0 Å². The van der Waals surface area contributed by atoms with Crippen molar-refractivity contribution < 1.29 is 4.74 Å². The molecule has 2 aromatic rings. The molecule has 1 unspecified atom stereocenters. The molecule has 0 fully saturated rings. The molecule has 2 aromatic carbocycles. The maximum Gasteiger partial charge on any atom is 0.242 e. The average molecular weight is 416 g/mol. The monoisotopic (exact) mass is 416 g/mol. The summed E-state index contributed by atoms with van der Waals surface area (Å²) >= 11 is 6.03. The van der Waals surface area contributed by atoms with Crippen LogP contribution >= 0.6 is 6.49 Å². The summed E-state index contributed by atoms with van der Waals surface area (Å²) in [6, 6.07) is 19.8. The van der Waals surface area contributed by atoms with Gasteiger partial charge in [0, 0.05) is 32.3 Å². The largest absolute Gasteiger partial charge is 0.477 e. The molecule has 0 saturated heterocycles. The molecule has 28 heavy (non-hydrogen) atoms. The lowest BCUT2D eigenvalue weighted by Crippen LogP contribution is -2.48. The molecule has 0 radical (unpaired) electrons. The number of rotatable bonds is 5. The van der Waals surface area contributed by atoms with Gasteiger partial charge in [0.05, 0.1) is 6.61 Å². The highest BCUT2D eigenvalue weighted by atomic mass is 32.4. The number of nitrogens with one attached hydrogen (secondary N) is 1. The molecule has 0 saturated carbocycles. The minimum atomic E-state index is -2.48. The number of ether oxygens (including phenoxy) is 1. The average Bonchev–Trinajstić information content (AvgIpc) is 2.72. The second-order valence-electron chi connectivity index (χ2n) is 6.15. The number of hydrogen-bond acceptors (Lipinski definition) is 5. The molecule has 148 valence electrons. The van der Waals surface area contributed by atoms with Crippen LogP contribution in [0.15, 0.2) is 70.9 Å². The van der Waals surface area contributed by atoms with Crippen LogP contribution in [0.2, 0.25) is 0 Å². The Hall–Kier alpha value is -2.41. The van der Waals surface area contributed by atoms with E-state index in [-0.39, 0.29) is 0 Å². The van der Waals surface area contributed by atoms with Crippen LogP contribution in [0.1, 0.15) is 18.1 Å². The van der Waals surface area contributed by atoms with Gasteiger partial charge in [-0.2, -0.15) is 9.88 Å². The number of hydrazone groups is 2. The number of hydrogen-bond donors (Lipinski definition) is 1. The molecule has 0 spiro atoms. The zero-order valence-corrected chi connectivity index (χ0v) is 18.2. The van der Waals surface area contributed by atoms with E-state index in [2.05, 4.69) is 5.43 Å². The summed E-state index contributed by atoms with van der Waals surface area (Å²) in [6.07, 6.45) is 0. The smallest absolute Gasteiger partial charge is 0.242 e. The fraction of sp³-hybridized carbons (Fsp3) is 0.263. The van der Waals surface area contributed by atoms with Gasteiger partial charge in [-0.05, 0) is 30.9 Å². The maximum absolute atomic E-state index is 6.03. The second-order valence-corrected chi connectivity index (χ2v) is 10.4. The quantitative estimate of drug-likeness (QED) is 0.349. The van der Waals surface area contributed by atoms with E-state index < -0.39 is 6.49 Å². The lowest BCUT2D eigenvalue weighted by molar-refractivity contribution is 0.310. The summed E-state index contributed by atoms with van der Waals surface area (Å²) < 4.78 is 11.3. The van der Waals surface area contributed by atoms with Crippen molar-refractivity contribution in [3.8, 4) is 0 Å². The molecule has 1 aliphatic heterocycles. The molecule has 0 aromatic heterocycles. The van der Waals surface area contributed by atoms with Gasteiger partial charge in [0.1, 0.15) is 0 Å². The number of amidine groups is 1. The van der Waals surface area contributed by atoms with E-state index in [0.29, 0.717) is 12.5 Å². The maximum atomic E-state index is 6.03. The number of hydrazine groups is 1. The topological polar surface area (TPSA) is 55.7 Å². The third-order valence-corrected chi connectivity index (χ3v) is 8.96. The summed E-state index contributed by atoms with van der Waals surface area (Å²) in [4.78, 5) is 0. The van der Waals surface area contributed by atoms with Crippen LogP contribution in [-0.4, -0.2) is 53.8 Å². The van der Waals surface area contributed by atoms with Crippen LogP contribution in [0.3, 0.4) is 0 Å². The van der Waals surface area contributed by atoms with Crippen LogP contribution in [0, 0.1) is 0 Å². The molecule has 3 rings (SSSR count). The van der Waals surface area contributed by atoms with Crippen LogP contribution in [0.25, 0.3) is 0 Å². The van der Waals surface area contributed by atoms with Crippen molar-refractivity contribution in [3.05, 3.63) is 71.8 Å². The van der Waals surface area contributed by atoms with Gasteiger partial charge in [-0.1, -0.05) is 48.5 Å². The molecule has 1 aliphatic rings. The highest BCUT2D eigenvalue weighted by molar-refractivity contribution is 8.11. The van der Waals surface area contributed by atoms with Gasteiger partial charge >= 0.3 is 0 Å². The van der Waals surface area contributed by atoms with E-state index in [1.165, 1.54) is 0 Å². The summed E-state index contributed by atoms with van der Waals surface area (Å²) in [5.41, 5.74) is 5.21. The van der Waals surface area contributed by atoms with Gasteiger partial charge in [-0.3, -0.25) is 5.43 Å². The van der Waals surface area contributed by atoms with Crippen LogP contribution in [-0.2, 0) is 16.5 Å². The highest BCUT2D eigenvalue weighted by Gasteiger charge is 2.37. The van der Waals surface area contributed by atoms with Crippen molar-refractivity contribution in [2.24, 2.45) is 10.2 Å². The van der Waals surface area contributed by atoms with Crippen molar-refractivity contribution in [1.82, 2.24) is 19.8 Å². The van der Waals surface area contributed by atoms with Gasteiger partial charge < -0.3 is 4.74 Å². The van der Waals surface area contributed by atoms with E-state index in [4.69, 9.17) is 26.7 Å². The molecule has 1 atom stereocenters. The minimum absolute atomic E-state index is 0.519. The molecule has 0 amide bonds. The number of nitrogens with zero attached hydrogens (tertiary/aromatic N) is 5. The van der Waals surface area contributed by atoms with E-state index in [1.54, 1.807) is 4.78 Å². The Morgan fingerprint density at radius 2 is 1.75 bits per heavy atom. The van der Waals surface area contributed by atoms with Crippen LogP contribution in [0.5, 0.6) is 0 Å². The van der Waals surface area contributed by atoms with E-state index in [1.807, 2.05) is 98.3 Å². The third kappa shape index (κ3) is 4.04. The first-order valence-electron chi connectivity index (χ1n) is 8.97. The highest BCUT2D eigenvalue weighted by Crippen LogP contribution is 2.55. The van der Waals surface area contributed by atoms with E-state index in [0.717, 1.165) is 17.0 Å². The van der Waals surface area contributed by atoms with Crippen LogP contribution in [0.4, 0.5) is 0 Å². The molecule has 0 aliphatic carbocycles. The van der Waals surface area contributed by atoms with Gasteiger partial charge in [0.25, 0.3) is 0 Å². The Morgan fingerprint density at radius 1 is 1.14 bits per heavy atom. The van der Waals surface area contributed by atoms with Gasteiger partial charge in [0.15, 0.2) is 5.84 Å².